The van der Waals surface area contributed by atoms with Crippen molar-refractivity contribution in [1.82, 2.24) is 0 Å². The summed E-state index contributed by atoms with van der Waals surface area (Å²) in [4.78, 5) is 4.96. The van der Waals surface area contributed by atoms with Crippen LogP contribution in [0.2, 0.25) is 0 Å². The molecule has 294 valence electrons. The monoisotopic (exact) mass is 770 g/mol. The van der Waals surface area contributed by atoms with Crippen LogP contribution in [0.25, 0.3) is 34.1 Å². The lowest BCUT2D eigenvalue weighted by Crippen LogP contribution is -2.01. The van der Waals surface area contributed by atoms with Crippen molar-refractivity contribution in [1.29, 1.82) is 0 Å². The second kappa shape index (κ2) is 26.3. The van der Waals surface area contributed by atoms with Gasteiger partial charge < -0.3 is 18.9 Å². The van der Waals surface area contributed by atoms with Gasteiger partial charge in [0.15, 0.2) is 0 Å². The Labute approximate surface area is 335 Å². The average Bonchev–Trinajstić information content (AvgIpc) is 3.87. The molecule has 4 nitrogen and oxygen atoms in total. The molecule has 0 spiro atoms. The van der Waals surface area contributed by atoms with Gasteiger partial charge in [-0.05, 0) is 111 Å². The van der Waals surface area contributed by atoms with E-state index in [9.17, 15) is 0 Å². The van der Waals surface area contributed by atoms with E-state index >= 15 is 0 Å². The third kappa shape index (κ3) is 16.1. The standard InChI is InChI=1S/C48H66O4S2/c1-5-9-13-17-33-49-41-23-29-45(51-35-19-15-11-7-3)39(37-41)21-25-43-27-31-47(53-43)48-32-28-44(54-48)26-22-40-38-42(50-34-18-14-10-6-2)24-30-46(40)52-36-20-16-12-8-4/h21-32,37-38H,5-20,33-36H2,1-4H3/b25-21+,26-22+. The fraction of sp³-hybridized carbons (Fsp3) is 0.500. The van der Waals surface area contributed by atoms with Crippen molar-refractivity contribution < 1.29 is 18.9 Å². The van der Waals surface area contributed by atoms with Crippen molar-refractivity contribution in [2.24, 2.45) is 0 Å². The van der Waals surface area contributed by atoms with Gasteiger partial charge >= 0.3 is 0 Å². The van der Waals surface area contributed by atoms with Crippen LogP contribution >= 0.6 is 22.7 Å². The quantitative estimate of drug-likeness (QED) is 0.0515. The number of thiophene rings is 2. The lowest BCUT2D eigenvalue weighted by atomic mass is 10.1. The number of hydrogen-bond acceptors (Lipinski definition) is 6. The van der Waals surface area contributed by atoms with Crippen molar-refractivity contribution in [2.75, 3.05) is 26.4 Å². The molecule has 0 atom stereocenters. The normalized spacial score (nSPS) is 11.6. The lowest BCUT2D eigenvalue weighted by Gasteiger charge is -2.12. The molecule has 54 heavy (non-hydrogen) atoms. The summed E-state index contributed by atoms with van der Waals surface area (Å²) in [6, 6.07) is 21.4. The number of unbranched alkanes of at least 4 members (excludes halogenated alkanes) is 12. The average molecular weight is 771 g/mol. The molecule has 0 aliphatic heterocycles. The highest BCUT2D eigenvalue weighted by atomic mass is 32.1. The molecule has 0 unspecified atom stereocenters. The Morgan fingerprint density at radius 3 is 1.13 bits per heavy atom. The highest BCUT2D eigenvalue weighted by Crippen LogP contribution is 2.36. The van der Waals surface area contributed by atoms with Crippen LogP contribution in [0.3, 0.4) is 0 Å². The molecule has 2 heterocycles. The fourth-order valence-electron chi connectivity index (χ4n) is 6.11. The first kappa shape index (κ1) is 43.3. The summed E-state index contributed by atoms with van der Waals surface area (Å²) in [6.07, 6.45) is 27.8. The first-order chi connectivity index (χ1) is 26.6. The van der Waals surface area contributed by atoms with E-state index < -0.39 is 0 Å². The van der Waals surface area contributed by atoms with E-state index in [2.05, 4.69) is 101 Å². The molecular weight excluding hydrogens is 705 g/mol. The van der Waals surface area contributed by atoms with Crippen molar-refractivity contribution >= 4 is 47.0 Å². The molecule has 0 saturated heterocycles. The topological polar surface area (TPSA) is 36.9 Å². The minimum atomic E-state index is 0.738. The number of benzene rings is 2. The molecule has 4 aromatic rings. The molecule has 0 amide bonds. The molecule has 2 aromatic carbocycles. The van der Waals surface area contributed by atoms with Gasteiger partial charge in [0.2, 0.25) is 0 Å². The van der Waals surface area contributed by atoms with Crippen LogP contribution < -0.4 is 18.9 Å². The minimum absolute atomic E-state index is 0.738. The molecule has 2 aromatic heterocycles. The number of rotatable bonds is 29. The van der Waals surface area contributed by atoms with Crippen molar-refractivity contribution in [2.45, 2.75) is 130 Å². The lowest BCUT2D eigenvalue weighted by molar-refractivity contribution is 0.296. The van der Waals surface area contributed by atoms with Gasteiger partial charge in [0.05, 0.1) is 26.4 Å². The third-order valence-corrected chi connectivity index (χ3v) is 11.7. The van der Waals surface area contributed by atoms with Crippen LogP contribution in [0.1, 0.15) is 151 Å². The maximum Gasteiger partial charge on any atom is 0.126 e. The Morgan fingerprint density at radius 2 is 0.759 bits per heavy atom. The second-order valence-electron chi connectivity index (χ2n) is 14.1. The zero-order valence-corrected chi connectivity index (χ0v) is 35.3. The molecule has 6 heteroatoms. The molecular formula is C48H66O4S2. The molecule has 0 aliphatic carbocycles. The third-order valence-electron chi connectivity index (χ3n) is 9.36. The van der Waals surface area contributed by atoms with Gasteiger partial charge in [-0.2, -0.15) is 0 Å². The van der Waals surface area contributed by atoms with E-state index in [1.165, 1.54) is 96.6 Å². The maximum absolute atomic E-state index is 6.27. The predicted molar refractivity (Wildman–Crippen MR) is 237 cm³/mol. The van der Waals surface area contributed by atoms with Crippen LogP contribution in [-0.4, -0.2) is 26.4 Å². The van der Waals surface area contributed by atoms with Gasteiger partial charge in [-0.3, -0.25) is 0 Å². The molecule has 0 fully saturated rings. The Bertz CT molecular complexity index is 1530. The summed E-state index contributed by atoms with van der Waals surface area (Å²) in [5.74, 6) is 3.65. The Morgan fingerprint density at radius 1 is 0.389 bits per heavy atom. The van der Waals surface area contributed by atoms with Gasteiger partial charge in [-0.1, -0.05) is 105 Å². The van der Waals surface area contributed by atoms with Crippen LogP contribution in [0, 0.1) is 0 Å². The van der Waals surface area contributed by atoms with E-state index in [0.29, 0.717) is 0 Å². The largest absolute Gasteiger partial charge is 0.494 e. The number of ether oxygens (including phenoxy) is 4. The highest BCUT2D eigenvalue weighted by molar-refractivity contribution is 7.23. The van der Waals surface area contributed by atoms with Crippen LogP contribution in [0.5, 0.6) is 23.0 Å². The SMILES string of the molecule is CCCCCCOc1ccc(OCCCCCC)c(/C=C/c2ccc(-c3ccc(/C=C/c4cc(OCCCCCC)ccc4OCCCCCC)s3)s2)c1. The van der Waals surface area contributed by atoms with E-state index in [-0.39, 0.29) is 0 Å². The summed E-state index contributed by atoms with van der Waals surface area (Å²) >= 11 is 3.63. The molecule has 0 aliphatic rings. The smallest absolute Gasteiger partial charge is 0.126 e. The van der Waals surface area contributed by atoms with E-state index in [1.54, 1.807) is 0 Å². The zero-order valence-electron chi connectivity index (χ0n) is 33.7. The number of hydrogen-bond donors (Lipinski definition) is 0. The molecule has 0 bridgehead atoms. The fourth-order valence-corrected chi connectivity index (χ4v) is 8.02. The molecule has 0 N–H and O–H groups in total. The molecule has 0 saturated carbocycles. The molecule has 0 radical (unpaired) electrons. The summed E-state index contributed by atoms with van der Waals surface area (Å²) < 4.78 is 24.8. The highest BCUT2D eigenvalue weighted by Gasteiger charge is 2.09. The first-order valence-electron chi connectivity index (χ1n) is 21.0. The minimum Gasteiger partial charge on any atom is -0.494 e. The van der Waals surface area contributed by atoms with E-state index in [4.69, 9.17) is 18.9 Å². The summed E-state index contributed by atoms with van der Waals surface area (Å²) in [6.45, 7) is 11.9. The Balaban J connectivity index is 1.43. The molecule has 4 rings (SSSR count). The second-order valence-corrected chi connectivity index (χ2v) is 16.3. The van der Waals surface area contributed by atoms with Gasteiger partial charge in [0.25, 0.3) is 0 Å². The zero-order chi connectivity index (χ0) is 38.1. The Hall–Kier alpha value is -3.48. The first-order valence-corrected chi connectivity index (χ1v) is 22.6. The van der Waals surface area contributed by atoms with E-state index in [0.717, 1.165) is 86.2 Å². The van der Waals surface area contributed by atoms with Gasteiger partial charge in [-0.25, -0.2) is 0 Å². The van der Waals surface area contributed by atoms with Crippen LogP contribution in [0.4, 0.5) is 0 Å². The van der Waals surface area contributed by atoms with Gasteiger partial charge in [0, 0.05) is 30.6 Å². The summed E-state index contributed by atoms with van der Waals surface area (Å²) in [7, 11) is 0. The van der Waals surface area contributed by atoms with Crippen molar-refractivity contribution in [3.05, 3.63) is 81.5 Å². The Kier molecular flexibility index (Phi) is 21.1. The van der Waals surface area contributed by atoms with E-state index in [1.807, 2.05) is 34.8 Å². The van der Waals surface area contributed by atoms with Crippen molar-refractivity contribution in [3.63, 3.8) is 0 Å². The van der Waals surface area contributed by atoms with Crippen molar-refractivity contribution in [3.8, 4) is 32.8 Å². The summed E-state index contributed by atoms with van der Waals surface area (Å²) in [5, 5.41) is 0. The van der Waals surface area contributed by atoms with Gasteiger partial charge in [-0.15, -0.1) is 22.7 Å². The van der Waals surface area contributed by atoms with Gasteiger partial charge in [0.1, 0.15) is 23.0 Å². The maximum atomic E-state index is 6.27. The predicted octanol–water partition coefficient (Wildman–Crippen LogP) is 15.7. The van der Waals surface area contributed by atoms with Crippen LogP contribution in [0.15, 0.2) is 60.7 Å². The van der Waals surface area contributed by atoms with Crippen LogP contribution in [-0.2, 0) is 0 Å². The summed E-state index contributed by atoms with van der Waals surface area (Å²) in [5.41, 5.74) is 2.12.